The molecule has 1 aromatic carbocycles. The van der Waals surface area contributed by atoms with Crippen LogP contribution in [0.15, 0.2) is 30.5 Å². The molecule has 19 heavy (non-hydrogen) atoms. The Morgan fingerprint density at radius 2 is 2.26 bits per heavy atom. The minimum Gasteiger partial charge on any atom is -0.462 e. The minimum absolute atomic E-state index is 0.0463. The molecule has 0 saturated carbocycles. The van der Waals surface area contributed by atoms with Crippen molar-refractivity contribution in [2.75, 3.05) is 12.3 Å². The quantitative estimate of drug-likeness (QED) is 0.671. The van der Waals surface area contributed by atoms with Gasteiger partial charge in [0.05, 0.1) is 12.2 Å². The van der Waals surface area contributed by atoms with Gasteiger partial charge >= 0.3 is 5.97 Å². The van der Waals surface area contributed by atoms with E-state index in [-0.39, 0.29) is 17.9 Å². The molecule has 1 heterocycles. The summed E-state index contributed by atoms with van der Waals surface area (Å²) in [6.45, 7) is 0.189. The number of nitrogens with two attached hydrogens (primary N) is 1. The highest BCUT2D eigenvalue weighted by atomic mass is 19.1. The van der Waals surface area contributed by atoms with E-state index in [1.807, 2.05) is 13.1 Å². The zero-order valence-electron chi connectivity index (χ0n) is 10.5. The third-order valence-electron chi connectivity index (χ3n) is 2.75. The fourth-order valence-electron chi connectivity index (χ4n) is 1.68. The number of nitrogen functional groups attached to an aromatic ring is 1. The molecule has 100 valence electrons. The summed E-state index contributed by atoms with van der Waals surface area (Å²) in [5, 5.41) is 4.00. The topological polar surface area (TPSA) is 70.1 Å². The van der Waals surface area contributed by atoms with E-state index in [0.717, 1.165) is 11.8 Å². The zero-order valence-corrected chi connectivity index (χ0v) is 10.5. The molecule has 2 aromatic rings. The number of carbonyl (C=O) groups excluding carboxylic acids is 1. The van der Waals surface area contributed by atoms with Crippen LogP contribution in [-0.4, -0.2) is 22.4 Å². The lowest BCUT2D eigenvalue weighted by Crippen LogP contribution is -2.12. The smallest absolute Gasteiger partial charge is 0.340 e. The SMILES string of the molecule is Cn1nccc1CCOC(=O)c1cc(F)ccc1N. The van der Waals surface area contributed by atoms with Gasteiger partial charge in [-0.25, -0.2) is 9.18 Å². The maximum absolute atomic E-state index is 13.0. The van der Waals surface area contributed by atoms with Crippen molar-refractivity contribution in [1.29, 1.82) is 0 Å². The Morgan fingerprint density at radius 3 is 2.95 bits per heavy atom. The van der Waals surface area contributed by atoms with Crippen molar-refractivity contribution in [3.8, 4) is 0 Å². The van der Waals surface area contributed by atoms with Crippen LogP contribution < -0.4 is 5.73 Å². The Labute approximate surface area is 109 Å². The molecule has 2 rings (SSSR count). The molecule has 0 aliphatic rings. The molecule has 0 aliphatic heterocycles. The molecule has 5 nitrogen and oxygen atoms in total. The average Bonchev–Trinajstić information content (AvgIpc) is 2.78. The largest absolute Gasteiger partial charge is 0.462 e. The second kappa shape index (κ2) is 5.51. The molecule has 0 atom stereocenters. The van der Waals surface area contributed by atoms with Crippen LogP contribution in [0.2, 0.25) is 0 Å². The number of aromatic nitrogens is 2. The Balaban J connectivity index is 1.94. The van der Waals surface area contributed by atoms with Gasteiger partial charge in [0, 0.05) is 31.0 Å². The van der Waals surface area contributed by atoms with Crippen molar-refractivity contribution < 1.29 is 13.9 Å². The van der Waals surface area contributed by atoms with E-state index in [2.05, 4.69) is 5.10 Å². The predicted molar refractivity (Wildman–Crippen MR) is 68.0 cm³/mol. The number of aryl methyl sites for hydroxylation is 1. The molecular formula is C13H14FN3O2. The predicted octanol–water partition coefficient (Wildman–Crippen LogP) is 1.54. The van der Waals surface area contributed by atoms with Gasteiger partial charge in [-0.05, 0) is 24.3 Å². The van der Waals surface area contributed by atoms with E-state index < -0.39 is 11.8 Å². The van der Waals surface area contributed by atoms with Gasteiger partial charge in [-0.1, -0.05) is 0 Å². The third-order valence-corrected chi connectivity index (χ3v) is 2.75. The van der Waals surface area contributed by atoms with Crippen LogP contribution in [0.1, 0.15) is 16.1 Å². The van der Waals surface area contributed by atoms with Crippen LogP contribution in [0, 0.1) is 5.82 Å². The Bertz CT molecular complexity index is 595. The van der Waals surface area contributed by atoms with Gasteiger partial charge in [0.1, 0.15) is 5.82 Å². The van der Waals surface area contributed by atoms with Crippen LogP contribution in [-0.2, 0) is 18.2 Å². The van der Waals surface area contributed by atoms with E-state index in [0.29, 0.717) is 6.42 Å². The molecule has 0 unspecified atom stereocenters. The average molecular weight is 263 g/mol. The van der Waals surface area contributed by atoms with Gasteiger partial charge in [-0.3, -0.25) is 4.68 Å². The van der Waals surface area contributed by atoms with Crippen molar-refractivity contribution >= 4 is 11.7 Å². The van der Waals surface area contributed by atoms with Crippen LogP contribution in [0.3, 0.4) is 0 Å². The number of carbonyl (C=O) groups is 1. The molecule has 1 aromatic heterocycles. The lowest BCUT2D eigenvalue weighted by atomic mass is 10.2. The van der Waals surface area contributed by atoms with Gasteiger partial charge in [0.2, 0.25) is 0 Å². The summed E-state index contributed by atoms with van der Waals surface area (Å²) in [4.78, 5) is 11.7. The summed E-state index contributed by atoms with van der Waals surface area (Å²) in [6.07, 6.45) is 2.21. The molecule has 0 aliphatic carbocycles. The maximum atomic E-state index is 13.0. The Hall–Kier alpha value is -2.37. The maximum Gasteiger partial charge on any atom is 0.340 e. The summed E-state index contributed by atoms with van der Waals surface area (Å²) in [5.41, 5.74) is 6.79. The van der Waals surface area contributed by atoms with Crippen molar-refractivity contribution in [2.24, 2.45) is 7.05 Å². The number of benzene rings is 1. The van der Waals surface area contributed by atoms with Crippen molar-refractivity contribution in [1.82, 2.24) is 9.78 Å². The number of nitrogens with zero attached hydrogens (tertiary/aromatic N) is 2. The van der Waals surface area contributed by atoms with E-state index in [1.165, 1.54) is 12.1 Å². The summed E-state index contributed by atoms with van der Waals surface area (Å²) >= 11 is 0. The molecule has 6 heteroatoms. The van der Waals surface area contributed by atoms with Crippen LogP contribution in [0.4, 0.5) is 10.1 Å². The first-order valence-electron chi connectivity index (χ1n) is 5.77. The number of hydrogen-bond donors (Lipinski definition) is 1. The minimum atomic E-state index is -0.626. The molecule has 0 fully saturated rings. The normalized spacial score (nSPS) is 10.4. The molecule has 0 amide bonds. The van der Waals surface area contributed by atoms with Gasteiger partial charge in [0.15, 0.2) is 0 Å². The number of ether oxygens (including phenoxy) is 1. The molecule has 0 bridgehead atoms. The summed E-state index contributed by atoms with van der Waals surface area (Å²) in [7, 11) is 1.81. The fraction of sp³-hybridized carbons (Fsp3) is 0.231. The lowest BCUT2D eigenvalue weighted by molar-refractivity contribution is 0.0508. The van der Waals surface area contributed by atoms with Gasteiger partial charge in [0.25, 0.3) is 0 Å². The second-order valence-corrected chi connectivity index (χ2v) is 4.06. The van der Waals surface area contributed by atoms with Gasteiger partial charge in [-0.2, -0.15) is 5.10 Å². The number of hydrogen-bond acceptors (Lipinski definition) is 4. The van der Waals surface area contributed by atoms with Gasteiger partial charge in [-0.15, -0.1) is 0 Å². The summed E-state index contributed by atoms with van der Waals surface area (Å²) in [5.74, 6) is -1.15. The van der Waals surface area contributed by atoms with Crippen LogP contribution >= 0.6 is 0 Å². The molecule has 2 N–H and O–H groups in total. The van der Waals surface area contributed by atoms with E-state index in [9.17, 15) is 9.18 Å². The number of anilines is 1. The molecule has 0 radical (unpaired) electrons. The highest BCUT2D eigenvalue weighted by Gasteiger charge is 2.12. The number of halogens is 1. The molecule has 0 saturated heterocycles. The van der Waals surface area contributed by atoms with Crippen molar-refractivity contribution in [3.63, 3.8) is 0 Å². The van der Waals surface area contributed by atoms with E-state index in [1.54, 1.807) is 10.9 Å². The van der Waals surface area contributed by atoms with Crippen LogP contribution in [0.5, 0.6) is 0 Å². The zero-order chi connectivity index (χ0) is 13.8. The third kappa shape index (κ3) is 3.09. The van der Waals surface area contributed by atoms with E-state index in [4.69, 9.17) is 10.5 Å². The Kier molecular flexibility index (Phi) is 3.79. The second-order valence-electron chi connectivity index (χ2n) is 4.06. The van der Waals surface area contributed by atoms with Crippen LogP contribution in [0.25, 0.3) is 0 Å². The standard InChI is InChI=1S/C13H14FN3O2/c1-17-10(4-6-16-17)5-7-19-13(18)11-8-9(14)2-3-12(11)15/h2-4,6,8H,5,7,15H2,1H3. The molecular weight excluding hydrogens is 249 g/mol. The monoisotopic (exact) mass is 263 g/mol. The fourth-order valence-corrected chi connectivity index (χ4v) is 1.68. The highest BCUT2D eigenvalue weighted by Crippen LogP contribution is 2.14. The first-order chi connectivity index (χ1) is 9.08. The van der Waals surface area contributed by atoms with Gasteiger partial charge < -0.3 is 10.5 Å². The lowest BCUT2D eigenvalue weighted by Gasteiger charge is -2.07. The number of esters is 1. The number of rotatable bonds is 4. The summed E-state index contributed by atoms with van der Waals surface area (Å²) < 4.78 is 19.8. The van der Waals surface area contributed by atoms with Crippen molar-refractivity contribution in [3.05, 3.63) is 47.5 Å². The Morgan fingerprint density at radius 1 is 1.47 bits per heavy atom. The van der Waals surface area contributed by atoms with E-state index >= 15 is 0 Å². The summed E-state index contributed by atoms with van der Waals surface area (Å²) in [6, 6.07) is 5.45. The first kappa shape index (κ1) is 13.1. The molecule has 0 spiro atoms. The highest BCUT2D eigenvalue weighted by molar-refractivity contribution is 5.95. The van der Waals surface area contributed by atoms with Crippen molar-refractivity contribution in [2.45, 2.75) is 6.42 Å². The first-order valence-corrected chi connectivity index (χ1v) is 5.77.